The molecule has 2 fully saturated rings. The molecule has 4 rings (SSSR count). The molecule has 0 radical (unpaired) electrons. The molecule has 0 unspecified atom stereocenters. The Kier molecular flexibility index (Phi) is 4.39. The van der Waals surface area contributed by atoms with Crippen LogP contribution in [0.3, 0.4) is 0 Å². The minimum absolute atomic E-state index is 0.0366. The van der Waals surface area contributed by atoms with Crippen LogP contribution in [0.2, 0.25) is 0 Å². The number of hydrogen-bond acceptors (Lipinski definition) is 6. The molecule has 0 bridgehead atoms. The molecule has 2 aliphatic rings. The van der Waals surface area contributed by atoms with Crippen molar-refractivity contribution >= 4 is 33.3 Å². The third kappa shape index (κ3) is 2.77. The van der Waals surface area contributed by atoms with E-state index >= 15 is 0 Å². The summed E-state index contributed by atoms with van der Waals surface area (Å²) in [5.41, 5.74) is 1.33. The summed E-state index contributed by atoms with van der Waals surface area (Å²) in [5, 5.41) is 1.21. The fourth-order valence-electron chi connectivity index (χ4n) is 4.34. The Morgan fingerprint density at radius 3 is 2.73 bits per heavy atom. The Morgan fingerprint density at radius 2 is 1.92 bits per heavy atom. The summed E-state index contributed by atoms with van der Waals surface area (Å²) in [4.78, 5) is 30.6. The number of nitrogens with zero attached hydrogens (tertiary/aromatic N) is 5. The highest BCUT2D eigenvalue weighted by Gasteiger charge is 2.42. The summed E-state index contributed by atoms with van der Waals surface area (Å²) in [6, 6.07) is 0. The monoisotopic (exact) mass is 373 g/mol. The predicted octanol–water partition coefficient (Wildman–Crippen LogP) is 2.44. The van der Waals surface area contributed by atoms with Gasteiger partial charge in [-0.05, 0) is 39.3 Å². The van der Waals surface area contributed by atoms with Crippen molar-refractivity contribution in [1.29, 1.82) is 0 Å². The topological polar surface area (TPSA) is 52.6 Å². The van der Waals surface area contributed by atoms with Crippen molar-refractivity contribution in [3.05, 3.63) is 16.8 Å². The zero-order valence-electron chi connectivity index (χ0n) is 16.1. The van der Waals surface area contributed by atoms with Gasteiger partial charge in [0.2, 0.25) is 5.91 Å². The molecule has 2 aliphatic heterocycles. The Balaban J connectivity index is 1.70. The Labute approximate surface area is 158 Å². The number of thiophene rings is 1. The molecule has 0 saturated carbocycles. The smallest absolute Gasteiger partial charge is 0.222 e. The van der Waals surface area contributed by atoms with Crippen LogP contribution >= 0.6 is 11.3 Å². The van der Waals surface area contributed by atoms with Crippen molar-refractivity contribution < 1.29 is 4.79 Å². The van der Waals surface area contributed by atoms with E-state index in [1.54, 1.807) is 17.7 Å². The second kappa shape index (κ2) is 6.46. The summed E-state index contributed by atoms with van der Waals surface area (Å²) in [6.45, 7) is 8.03. The number of anilines is 1. The molecule has 1 atom stereocenters. The first-order chi connectivity index (χ1) is 12.4. The molecular formula is C19H27N5OS. The molecule has 26 heavy (non-hydrogen) atoms. The molecule has 1 spiro atoms. The maximum Gasteiger partial charge on any atom is 0.222 e. The van der Waals surface area contributed by atoms with Crippen LogP contribution in [0.15, 0.2) is 6.33 Å². The lowest BCUT2D eigenvalue weighted by Gasteiger charge is -2.49. The molecule has 2 aromatic rings. The van der Waals surface area contributed by atoms with E-state index in [-0.39, 0.29) is 11.4 Å². The maximum absolute atomic E-state index is 12.2. The average Bonchev–Trinajstić information content (AvgIpc) is 2.85. The number of carbonyl (C=O) groups excluding carboxylic acids is 1. The first kappa shape index (κ1) is 17.7. The molecule has 2 saturated heterocycles. The van der Waals surface area contributed by atoms with Gasteiger partial charge >= 0.3 is 0 Å². The van der Waals surface area contributed by atoms with Gasteiger partial charge in [0.25, 0.3) is 0 Å². The fourth-order valence-corrected chi connectivity index (χ4v) is 5.33. The third-order valence-electron chi connectivity index (χ3n) is 6.39. The summed E-state index contributed by atoms with van der Waals surface area (Å²) < 4.78 is 0. The van der Waals surface area contributed by atoms with Crippen molar-refractivity contribution in [3.63, 3.8) is 0 Å². The zero-order chi connectivity index (χ0) is 18.5. The van der Waals surface area contributed by atoms with Crippen molar-refractivity contribution in [3.8, 4) is 0 Å². The summed E-state index contributed by atoms with van der Waals surface area (Å²) in [7, 11) is 4.14. The van der Waals surface area contributed by atoms with Gasteiger partial charge in [-0.2, -0.15) is 0 Å². The average molecular weight is 374 g/mol. The van der Waals surface area contributed by atoms with Crippen LogP contribution in [-0.2, 0) is 4.79 Å². The Bertz CT molecular complexity index is 850. The quantitative estimate of drug-likeness (QED) is 0.768. The highest BCUT2D eigenvalue weighted by molar-refractivity contribution is 7.18. The molecule has 6 nitrogen and oxygen atoms in total. The van der Waals surface area contributed by atoms with Gasteiger partial charge in [0.15, 0.2) is 0 Å². The molecule has 4 heterocycles. The summed E-state index contributed by atoms with van der Waals surface area (Å²) >= 11 is 1.75. The van der Waals surface area contributed by atoms with E-state index in [0.717, 1.165) is 49.7 Å². The predicted molar refractivity (Wildman–Crippen MR) is 106 cm³/mol. The van der Waals surface area contributed by atoms with E-state index in [9.17, 15) is 4.79 Å². The van der Waals surface area contributed by atoms with E-state index in [0.29, 0.717) is 6.42 Å². The molecular weight excluding hydrogens is 346 g/mol. The fraction of sp³-hybridized carbons (Fsp3) is 0.632. The van der Waals surface area contributed by atoms with Crippen molar-refractivity contribution in [2.75, 3.05) is 45.2 Å². The summed E-state index contributed by atoms with van der Waals surface area (Å²) in [6.07, 6.45) is 4.25. The number of carbonyl (C=O) groups is 1. The van der Waals surface area contributed by atoms with Gasteiger partial charge in [0, 0.05) is 50.1 Å². The number of aryl methyl sites for hydroxylation is 2. The van der Waals surface area contributed by atoms with Gasteiger partial charge in [0.05, 0.1) is 5.39 Å². The number of rotatable bonds is 1. The number of likely N-dealkylation sites (tertiary alicyclic amines) is 1. The number of piperazine rings is 1. The maximum atomic E-state index is 12.2. The standard InChI is InChI=1S/C19H27N5OS/c1-13-14(2)26-18-16(13)17(20-12-21-18)24-10-9-23(4)19(11-24)6-5-15(25)22(3)8-7-19/h12H,5-11H2,1-4H3/t19-/m0/s1. The molecule has 0 aliphatic carbocycles. The molecule has 1 amide bonds. The first-order valence-electron chi connectivity index (χ1n) is 9.32. The second-order valence-electron chi connectivity index (χ2n) is 7.79. The highest BCUT2D eigenvalue weighted by Crippen LogP contribution is 2.38. The van der Waals surface area contributed by atoms with Gasteiger partial charge in [0.1, 0.15) is 17.0 Å². The lowest BCUT2D eigenvalue weighted by molar-refractivity contribution is -0.129. The lowest BCUT2D eigenvalue weighted by Crippen LogP contribution is -2.61. The van der Waals surface area contributed by atoms with Crippen LogP contribution in [0, 0.1) is 13.8 Å². The molecule has 0 N–H and O–H groups in total. The van der Waals surface area contributed by atoms with Crippen LogP contribution in [-0.4, -0.2) is 71.5 Å². The zero-order valence-corrected chi connectivity index (χ0v) is 16.9. The number of likely N-dealkylation sites (N-methyl/N-ethyl adjacent to an activating group) is 1. The first-order valence-corrected chi connectivity index (χ1v) is 10.1. The van der Waals surface area contributed by atoms with E-state index < -0.39 is 0 Å². The molecule has 2 aromatic heterocycles. The van der Waals surface area contributed by atoms with Gasteiger partial charge in [-0.25, -0.2) is 9.97 Å². The van der Waals surface area contributed by atoms with Crippen LogP contribution in [0.4, 0.5) is 5.82 Å². The Morgan fingerprint density at radius 1 is 1.12 bits per heavy atom. The number of amides is 1. The van der Waals surface area contributed by atoms with Crippen LogP contribution in [0.1, 0.15) is 29.7 Å². The molecule has 140 valence electrons. The normalized spacial score (nSPS) is 25.3. The van der Waals surface area contributed by atoms with E-state index in [4.69, 9.17) is 0 Å². The van der Waals surface area contributed by atoms with E-state index in [2.05, 4.69) is 40.7 Å². The van der Waals surface area contributed by atoms with Gasteiger partial charge in [-0.15, -0.1) is 11.3 Å². The lowest BCUT2D eigenvalue weighted by atomic mass is 9.86. The third-order valence-corrected chi connectivity index (χ3v) is 7.50. The van der Waals surface area contributed by atoms with Crippen molar-refractivity contribution in [2.45, 2.75) is 38.6 Å². The number of fused-ring (bicyclic) bond motifs is 1. The minimum atomic E-state index is 0.0366. The molecule has 7 heteroatoms. The SMILES string of the molecule is Cc1sc2ncnc(N3CCN(C)[C@]4(CCC(=O)N(C)CC4)C3)c2c1C. The van der Waals surface area contributed by atoms with Gasteiger partial charge in [-0.1, -0.05) is 0 Å². The Hall–Kier alpha value is -1.73. The van der Waals surface area contributed by atoms with Crippen LogP contribution in [0.25, 0.3) is 10.2 Å². The van der Waals surface area contributed by atoms with Crippen molar-refractivity contribution in [2.24, 2.45) is 0 Å². The van der Waals surface area contributed by atoms with Gasteiger partial charge < -0.3 is 9.80 Å². The van der Waals surface area contributed by atoms with Crippen LogP contribution < -0.4 is 4.90 Å². The van der Waals surface area contributed by atoms with E-state index in [1.807, 2.05) is 11.9 Å². The van der Waals surface area contributed by atoms with E-state index in [1.165, 1.54) is 15.8 Å². The largest absolute Gasteiger partial charge is 0.353 e. The second-order valence-corrected chi connectivity index (χ2v) is 9.00. The number of aromatic nitrogens is 2. The highest BCUT2D eigenvalue weighted by atomic mass is 32.1. The summed E-state index contributed by atoms with van der Waals surface area (Å²) in [5.74, 6) is 1.33. The number of hydrogen-bond donors (Lipinski definition) is 0. The minimum Gasteiger partial charge on any atom is -0.353 e. The van der Waals surface area contributed by atoms with Gasteiger partial charge in [-0.3, -0.25) is 9.69 Å². The van der Waals surface area contributed by atoms with Crippen molar-refractivity contribution in [1.82, 2.24) is 19.8 Å². The molecule has 0 aromatic carbocycles. The van der Waals surface area contributed by atoms with Crippen LogP contribution in [0.5, 0.6) is 0 Å².